The summed E-state index contributed by atoms with van der Waals surface area (Å²) in [5.74, 6) is -18.5. The van der Waals surface area contributed by atoms with Crippen molar-refractivity contribution in [3.63, 3.8) is 0 Å². The van der Waals surface area contributed by atoms with Gasteiger partial charge in [0, 0.05) is 43.9 Å². The van der Waals surface area contributed by atoms with Crippen LogP contribution < -0.4 is 54.0 Å². The highest BCUT2D eigenvalue weighted by Crippen LogP contribution is 2.28. The van der Waals surface area contributed by atoms with Gasteiger partial charge in [-0.25, -0.2) is 0 Å². The topological polar surface area (TPSA) is 460 Å². The minimum absolute atomic E-state index is 0.0430. The first-order chi connectivity index (χ1) is 43.4. The average molecular weight is 1300 g/mol. The van der Waals surface area contributed by atoms with Gasteiger partial charge in [0.2, 0.25) is 59.1 Å². The zero-order chi connectivity index (χ0) is 68.9. The fourth-order valence-electron chi connectivity index (χ4n) is 11.6. The largest absolute Gasteiger partial charge is 0.481 e. The number of primary amides is 1. The quantitative estimate of drug-likeness (QED) is 0.0317. The van der Waals surface area contributed by atoms with Gasteiger partial charge < -0.3 is 73.9 Å². The number of ketones is 2. The number of nitrogens with two attached hydrogens (primary N) is 2. The Balaban J connectivity index is 2.15. The Morgan fingerprint density at radius 2 is 1.36 bits per heavy atom. The van der Waals surface area contributed by atoms with Crippen molar-refractivity contribution < 1.29 is 86.9 Å². The number of nitrogens with zero attached hydrogens (tertiary/aromatic N) is 2. The molecule has 3 aliphatic heterocycles. The molecule has 0 aromatic heterocycles. The van der Waals surface area contributed by atoms with Crippen LogP contribution in [0.2, 0.25) is 0 Å². The molecule has 30 nitrogen and oxygen atoms in total. The normalized spacial score (nSPS) is 26.3. The van der Waals surface area contributed by atoms with E-state index >= 15 is 0 Å². The van der Waals surface area contributed by atoms with Crippen molar-refractivity contribution in [3.05, 3.63) is 12.2 Å². The van der Waals surface area contributed by atoms with Crippen LogP contribution in [0.5, 0.6) is 0 Å². The monoisotopic (exact) mass is 1300 g/mol. The number of carboxylic acid groups (broad SMARTS) is 2. The Morgan fingerprint density at radius 1 is 0.717 bits per heavy atom. The summed E-state index contributed by atoms with van der Waals surface area (Å²) >= 11 is 0. The van der Waals surface area contributed by atoms with Crippen molar-refractivity contribution in [2.24, 2.45) is 41.1 Å². The van der Waals surface area contributed by atoms with Crippen molar-refractivity contribution in [1.82, 2.24) is 52.3 Å². The smallest absolute Gasteiger partial charge is 0.307 e. The molecule has 92 heavy (non-hydrogen) atoms. The summed E-state index contributed by atoms with van der Waals surface area (Å²) in [7, 11) is 0. The van der Waals surface area contributed by atoms with Gasteiger partial charge in [0.25, 0.3) is 6.47 Å². The van der Waals surface area contributed by atoms with Crippen LogP contribution in [0.4, 0.5) is 0 Å². The average Bonchev–Trinajstić information content (AvgIpc) is 1.29. The van der Waals surface area contributed by atoms with Gasteiger partial charge in [0.05, 0.1) is 55.8 Å². The molecule has 0 bridgehead atoms. The summed E-state index contributed by atoms with van der Waals surface area (Å²) in [6, 6.07) is -13.0. The van der Waals surface area contributed by atoms with Gasteiger partial charge in [-0.15, -0.1) is 0 Å². The molecule has 0 saturated carbocycles. The SMILES string of the molecule is CC(C)CCCCCCC/C=C\CC(=O)N[C@@H](CC(N)=O)C(=O)NC1C(C)NC(=O)[C@@H]2CCCN2C(=O)C(C(C)C)NC(=O)[C@@H](C(C)N)CC(=O)CNC(=O)C(COC=O)NC(=O)CNC(=O)[C@H](CC(=O)O)NC(=O)C([C@@H](C)C(=O)O)CC(=O)C2CCCCN2C1C. The summed E-state index contributed by atoms with van der Waals surface area (Å²) in [5, 5.41) is 40.0. The van der Waals surface area contributed by atoms with Crippen LogP contribution in [0.15, 0.2) is 12.2 Å². The molecule has 13 atom stereocenters. The first-order valence-electron chi connectivity index (χ1n) is 32.0. The van der Waals surface area contributed by atoms with E-state index in [1.807, 2.05) is 6.08 Å². The van der Waals surface area contributed by atoms with Crippen LogP contribution in [-0.2, 0) is 76.7 Å². The maximum absolute atomic E-state index is 14.8. The van der Waals surface area contributed by atoms with Gasteiger partial charge in [-0.05, 0) is 77.7 Å². The lowest BCUT2D eigenvalue weighted by molar-refractivity contribution is -0.149. The number of amides is 10. The highest BCUT2D eigenvalue weighted by Gasteiger charge is 2.45. The molecule has 0 aromatic rings. The number of unbranched alkanes of at least 4 members (excludes halogenated alkanes) is 5. The number of hydrogen-bond acceptors (Lipinski definition) is 18. The zero-order valence-corrected chi connectivity index (χ0v) is 54.4. The van der Waals surface area contributed by atoms with E-state index in [4.69, 9.17) is 16.2 Å². The van der Waals surface area contributed by atoms with E-state index in [1.54, 1.807) is 38.7 Å². The molecule has 0 aliphatic carbocycles. The molecule has 516 valence electrons. The maximum atomic E-state index is 14.8. The predicted octanol–water partition coefficient (Wildman–Crippen LogP) is -0.874. The number of rotatable bonds is 24. The van der Waals surface area contributed by atoms with Crippen LogP contribution in [0.1, 0.15) is 165 Å². The molecule has 0 spiro atoms. The number of aliphatic carboxylic acids is 2. The Bertz CT molecular complexity index is 2640. The van der Waals surface area contributed by atoms with Crippen molar-refractivity contribution in [1.29, 1.82) is 0 Å². The second-order valence-corrected chi connectivity index (χ2v) is 25.2. The zero-order valence-electron chi connectivity index (χ0n) is 54.4. The van der Waals surface area contributed by atoms with Crippen molar-refractivity contribution in [3.8, 4) is 0 Å². The van der Waals surface area contributed by atoms with E-state index in [2.05, 4.69) is 56.4 Å². The minimum atomic E-state index is -1.98. The third-order valence-electron chi connectivity index (χ3n) is 17.0. The third kappa shape index (κ3) is 26.0. The minimum Gasteiger partial charge on any atom is -0.481 e. The molecule has 8 unspecified atom stereocenters. The number of allylic oxidation sites excluding steroid dienone is 1. The van der Waals surface area contributed by atoms with Gasteiger partial charge in [-0.2, -0.15) is 0 Å². The molecule has 3 rings (SSSR count). The summed E-state index contributed by atoms with van der Waals surface area (Å²) in [5.41, 5.74) is 11.9. The second kappa shape index (κ2) is 39.5. The van der Waals surface area contributed by atoms with Crippen LogP contribution in [0.25, 0.3) is 0 Å². The molecule has 0 radical (unpaired) electrons. The first kappa shape index (κ1) is 78.4. The summed E-state index contributed by atoms with van der Waals surface area (Å²) in [4.78, 5) is 206. The highest BCUT2D eigenvalue weighted by molar-refractivity contribution is 5.99. The number of hydrogen-bond donors (Lipinski definition) is 12. The predicted molar refractivity (Wildman–Crippen MR) is 332 cm³/mol. The lowest BCUT2D eigenvalue weighted by Gasteiger charge is -2.44. The highest BCUT2D eigenvalue weighted by atomic mass is 16.5. The van der Waals surface area contributed by atoms with Gasteiger partial charge in [0.1, 0.15) is 36.8 Å². The number of carboxylic acids is 2. The number of fused-ring (bicyclic) bond motifs is 2. The Kier molecular flexibility index (Phi) is 33.6. The second-order valence-electron chi connectivity index (χ2n) is 25.2. The molecule has 10 amide bonds. The maximum Gasteiger partial charge on any atom is 0.307 e. The van der Waals surface area contributed by atoms with Crippen LogP contribution in [0.3, 0.4) is 0 Å². The molecular formula is C62H100N12O18. The van der Waals surface area contributed by atoms with Gasteiger partial charge in [-0.3, -0.25) is 76.8 Å². The van der Waals surface area contributed by atoms with E-state index < -0.39 is 212 Å². The van der Waals surface area contributed by atoms with Crippen LogP contribution in [-0.4, -0.2) is 202 Å². The van der Waals surface area contributed by atoms with Crippen LogP contribution >= 0.6 is 0 Å². The van der Waals surface area contributed by atoms with E-state index in [9.17, 15) is 82.1 Å². The number of carbonyl (C=O) groups is 15. The molecule has 0 aromatic carbocycles. The van der Waals surface area contributed by atoms with Crippen molar-refractivity contribution in [2.45, 2.75) is 225 Å². The standard InChI is InChI=1S/C62H100N12O18/c1-34(2)20-15-13-11-9-10-12-14-16-23-50(79)68-43(28-49(64)78)59(87)72-54-38(7)67-60(88)47-22-19-25-74(47)61(89)53(35(3)4)71-56(84)42(37(6)63)26-40(76)30-65-58(86)45(32-92-33-75)69-51(80)31-66-57(85)44(29-52(81)82)70-55(83)41(36(5)62(90)91)27-48(77)46-21-17-18-24-73(46)39(54)8/h14,16,33-39,41-47,53-54H,9-13,15,17-32,63H2,1-8H3,(H2,64,78)(H,65,86)(H,66,85)(H,67,88)(H,68,79)(H,69,80)(H,70,83)(H,71,84)(H,72,87)(H,81,82)(H,90,91)/b16-14-/t36-,37?,38?,39?,41?,42-,43+,44+,45?,46?,47+,53?,54?/m1/s1. The van der Waals surface area contributed by atoms with Gasteiger partial charge in [0.15, 0.2) is 11.6 Å². The molecule has 3 saturated heterocycles. The summed E-state index contributed by atoms with van der Waals surface area (Å²) in [6.07, 6.45) is 9.07. The fraction of sp³-hybridized carbons (Fsp3) is 0.726. The van der Waals surface area contributed by atoms with Crippen molar-refractivity contribution in [2.75, 3.05) is 32.8 Å². The number of ether oxygens (including phenoxy) is 1. The van der Waals surface area contributed by atoms with Gasteiger partial charge >= 0.3 is 11.9 Å². The molecule has 30 heteroatoms. The number of Topliss-reactive ketones (excluding diaryl/α,β-unsaturated/α-hetero) is 2. The summed E-state index contributed by atoms with van der Waals surface area (Å²) < 4.78 is 4.69. The van der Waals surface area contributed by atoms with Crippen molar-refractivity contribution >= 4 is 89.0 Å². The fourth-order valence-corrected chi connectivity index (χ4v) is 11.6. The molecule has 3 heterocycles. The van der Waals surface area contributed by atoms with E-state index in [0.29, 0.717) is 25.2 Å². The Labute approximate surface area is 537 Å². The van der Waals surface area contributed by atoms with Gasteiger partial charge in [-0.1, -0.05) is 85.3 Å². The lowest BCUT2D eigenvalue weighted by Crippen LogP contribution is -2.65. The summed E-state index contributed by atoms with van der Waals surface area (Å²) in [6.45, 7) is 11.1. The number of carbonyl (C=O) groups excluding carboxylic acids is 13. The Morgan fingerprint density at radius 3 is 1.99 bits per heavy atom. The van der Waals surface area contributed by atoms with E-state index in [-0.39, 0.29) is 38.8 Å². The molecule has 3 fully saturated rings. The van der Waals surface area contributed by atoms with E-state index in [0.717, 1.165) is 39.0 Å². The number of piperidine rings is 1. The Hall–Kier alpha value is -7.89. The molecule has 14 N–H and O–H groups in total. The third-order valence-corrected chi connectivity index (χ3v) is 17.0. The molecule has 3 aliphatic rings. The first-order valence-corrected chi connectivity index (χ1v) is 32.0. The number of nitrogens with one attached hydrogen (secondary N) is 8. The molecular weight excluding hydrogens is 1200 g/mol. The lowest BCUT2D eigenvalue weighted by atomic mass is 9.84. The van der Waals surface area contributed by atoms with Crippen LogP contribution in [0, 0.1) is 29.6 Å². The van der Waals surface area contributed by atoms with E-state index in [1.165, 1.54) is 24.7 Å².